The number of rotatable bonds is 6. The summed E-state index contributed by atoms with van der Waals surface area (Å²) in [5.41, 5.74) is 2.18. The van der Waals surface area contributed by atoms with Gasteiger partial charge in [-0.25, -0.2) is 9.98 Å². The summed E-state index contributed by atoms with van der Waals surface area (Å²) in [5, 5.41) is 7.00. The summed E-state index contributed by atoms with van der Waals surface area (Å²) in [6.07, 6.45) is 3.59. The number of fused-ring (bicyclic) bond motifs is 1. The van der Waals surface area contributed by atoms with Crippen LogP contribution in [0.4, 0.5) is 0 Å². The molecule has 142 valence electrons. The summed E-state index contributed by atoms with van der Waals surface area (Å²) in [6, 6.07) is 8.73. The molecule has 0 unspecified atom stereocenters. The van der Waals surface area contributed by atoms with E-state index in [1.165, 1.54) is 38.9 Å². The number of nitrogens with zero attached hydrogens (tertiary/aromatic N) is 4. The van der Waals surface area contributed by atoms with Crippen LogP contribution in [0.25, 0.3) is 11.0 Å². The molecule has 0 radical (unpaired) electrons. The minimum absolute atomic E-state index is 0.501. The van der Waals surface area contributed by atoms with Crippen molar-refractivity contribution in [1.29, 1.82) is 0 Å². The van der Waals surface area contributed by atoms with Crippen molar-refractivity contribution in [3.05, 3.63) is 30.1 Å². The molecule has 6 nitrogen and oxygen atoms in total. The van der Waals surface area contributed by atoms with Crippen LogP contribution in [0.2, 0.25) is 0 Å². The van der Waals surface area contributed by atoms with Crippen LogP contribution < -0.4 is 10.6 Å². The maximum Gasteiger partial charge on any atom is 0.191 e. The lowest BCUT2D eigenvalue weighted by Crippen LogP contribution is -2.48. The third kappa shape index (κ3) is 4.55. The largest absolute Gasteiger partial charge is 0.357 e. The molecule has 0 amide bonds. The fourth-order valence-corrected chi connectivity index (χ4v) is 3.62. The zero-order valence-corrected chi connectivity index (χ0v) is 16.3. The van der Waals surface area contributed by atoms with Gasteiger partial charge < -0.3 is 20.1 Å². The van der Waals surface area contributed by atoms with Crippen molar-refractivity contribution in [3.8, 4) is 0 Å². The van der Waals surface area contributed by atoms with Crippen LogP contribution in [-0.4, -0.2) is 52.6 Å². The van der Waals surface area contributed by atoms with E-state index in [0.717, 1.165) is 29.4 Å². The highest BCUT2D eigenvalue weighted by atomic mass is 15.2. The van der Waals surface area contributed by atoms with E-state index >= 15 is 0 Å². The molecule has 6 heteroatoms. The Morgan fingerprint density at radius 2 is 2.00 bits per heavy atom. The molecule has 26 heavy (non-hydrogen) atoms. The molecular formula is C20H32N6. The van der Waals surface area contributed by atoms with Crippen LogP contribution in [-0.2, 0) is 13.6 Å². The van der Waals surface area contributed by atoms with E-state index in [4.69, 9.17) is 9.98 Å². The predicted molar refractivity (Wildman–Crippen MR) is 108 cm³/mol. The Balaban J connectivity index is 1.62. The Labute approximate surface area is 156 Å². The third-order valence-electron chi connectivity index (χ3n) is 5.07. The number of imidazole rings is 1. The van der Waals surface area contributed by atoms with Crippen LogP contribution in [0.1, 0.15) is 38.9 Å². The molecule has 1 aliphatic rings. The van der Waals surface area contributed by atoms with Crippen molar-refractivity contribution in [2.75, 3.05) is 26.2 Å². The van der Waals surface area contributed by atoms with E-state index in [2.05, 4.69) is 53.1 Å². The van der Waals surface area contributed by atoms with Crippen molar-refractivity contribution < 1.29 is 0 Å². The summed E-state index contributed by atoms with van der Waals surface area (Å²) in [7, 11) is 2.06. The number of aromatic nitrogens is 2. The van der Waals surface area contributed by atoms with Gasteiger partial charge in [0.15, 0.2) is 5.96 Å². The van der Waals surface area contributed by atoms with Crippen LogP contribution in [0.3, 0.4) is 0 Å². The van der Waals surface area contributed by atoms with Crippen molar-refractivity contribution in [2.45, 2.75) is 45.7 Å². The zero-order valence-electron chi connectivity index (χ0n) is 16.3. The Morgan fingerprint density at radius 1 is 1.23 bits per heavy atom. The van der Waals surface area contributed by atoms with Crippen molar-refractivity contribution >= 4 is 17.0 Å². The Morgan fingerprint density at radius 3 is 2.69 bits per heavy atom. The summed E-state index contributed by atoms with van der Waals surface area (Å²) in [4.78, 5) is 12.1. The van der Waals surface area contributed by atoms with Gasteiger partial charge in [0, 0.05) is 32.7 Å². The fraction of sp³-hybridized carbons (Fsp3) is 0.600. The molecule has 1 saturated heterocycles. The van der Waals surface area contributed by atoms with Gasteiger partial charge in [0.2, 0.25) is 0 Å². The molecule has 2 N–H and O–H groups in total. The molecule has 0 bridgehead atoms. The van der Waals surface area contributed by atoms with Crippen LogP contribution in [0.15, 0.2) is 29.3 Å². The number of nitrogens with one attached hydrogen (secondary N) is 2. The first-order valence-corrected chi connectivity index (χ1v) is 9.88. The van der Waals surface area contributed by atoms with E-state index in [-0.39, 0.29) is 0 Å². The number of aryl methyl sites for hydroxylation is 1. The van der Waals surface area contributed by atoms with Gasteiger partial charge in [-0.3, -0.25) is 0 Å². The molecular weight excluding hydrogens is 324 g/mol. The highest BCUT2D eigenvalue weighted by Crippen LogP contribution is 2.15. The summed E-state index contributed by atoms with van der Waals surface area (Å²) >= 11 is 0. The first-order chi connectivity index (χ1) is 12.7. The Bertz CT molecular complexity index is 727. The van der Waals surface area contributed by atoms with Gasteiger partial charge in [-0.1, -0.05) is 19.1 Å². The van der Waals surface area contributed by atoms with E-state index < -0.39 is 0 Å². The molecule has 1 aliphatic heterocycles. The smallest absolute Gasteiger partial charge is 0.191 e. The van der Waals surface area contributed by atoms with Crippen LogP contribution in [0.5, 0.6) is 0 Å². The van der Waals surface area contributed by atoms with E-state index in [9.17, 15) is 0 Å². The normalized spacial score (nSPS) is 17.0. The minimum atomic E-state index is 0.501. The summed E-state index contributed by atoms with van der Waals surface area (Å²) in [5.74, 6) is 1.88. The van der Waals surface area contributed by atoms with E-state index in [1.54, 1.807) is 0 Å². The molecule has 1 aromatic heterocycles. The lowest BCUT2D eigenvalue weighted by molar-refractivity contribution is 0.206. The summed E-state index contributed by atoms with van der Waals surface area (Å²) < 4.78 is 2.13. The molecule has 1 fully saturated rings. The highest BCUT2D eigenvalue weighted by Gasteiger charge is 2.19. The second-order valence-electron chi connectivity index (χ2n) is 7.03. The number of hydrogen-bond acceptors (Lipinski definition) is 3. The van der Waals surface area contributed by atoms with Gasteiger partial charge in [-0.05, 0) is 44.9 Å². The molecule has 2 aromatic rings. The molecule has 3 rings (SSSR count). The number of hydrogen-bond donors (Lipinski definition) is 2. The molecule has 0 aliphatic carbocycles. The van der Waals surface area contributed by atoms with Gasteiger partial charge in [-0.2, -0.15) is 0 Å². The third-order valence-corrected chi connectivity index (χ3v) is 5.07. The summed E-state index contributed by atoms with van der Waals surface area (Å²) in [6.45, 7) is 9.37. The SMILES string of the molecule is CCCN1CCC(NC(=NCc2nc3ccccc3n2C)NCC)CC1. The highest BCUT2D eigenvalue weighted by molar-refractivity contribution is 5.80. The number of likely N-dealkylation sites (tertiary alicyclic amines) is 1. The quantitative estimate of drug-likeness (QED) is 0.617. The van der Waals surface area contributed by atoms with Gasteiger partial charge in [0.25, 0.3) is 0 Å². The average molecular weight is 357 g/mol. The second kappa shape index (κ2) is 9.03. The monoisotopic (exact) mass is 356 g/mol. The zero-order chi connectivity index (χ0) is 18.4. The van der Waals surface area contributed by atoms with Gasteiger partial charge >= 0.3 is 0 Å². The number of guanidine groups is 1. The Hall–Kier alpha value is -2.08. The lowest BCUT2D eigenvalue weighted by Gasteiger charge is -2.32. The van der Waals surface area contributed by atoms with Crippen LogP contribution >= 0.6 is 0 Å². The van der Waals surface area contributed by atoms with Crippen LogP contribution in [0, 0.1) is 0 Å². The number of piperidine rings is 1. The second-order valence-corrected chi connectivity index (χ2v) is 7.03. The topological polar surface area (TPSA) is 57.5 Å². The lowest BCUT2D eigenvalue weighted by atomic mass is 10.1. The Kier molecular flexibility index (Phi) is 6.50. The number of benzene rings is 1. The van der Waals surface area contributed by atoms with Crippen molar-refractivity contribution in [1.82, 2.24) is 25.1 Å². The van der Waals surface area contributed by atoms with Crippen molar-refractivity contribution in [3.63, 3.8) is 0 Å². The fourth-order valence-electron chi connectivity index (χ4n) is 3.62. The minimum Gasteiger partial charge on any atom is -0.357 e. The number of para-hydroxylation sites is 2. The first-order valence-electron chi connectivity index (χ1n) is 9.88. The van der Waals surface area contributed by atoms with E-state index in [1.807, 2.05) is 12.1 Å². The molecule has 0 spiro atoms. The van der Waals surface area contributed by atoms with Gasteiger partial charge in [-0.15, -0.1) is 0 Å². The number of aliphatic imine (C=N–C) groups is 1. The van der Waals surface area contributed by atoms with Crippen molar-refractivity contribution in [2.24, 2.45) is 12.0 Å². The standard InChI is InChI=1S/C20H32N6/c1-4-12-26-13-10-16(11-14-26)23-20(21-5-2)22-15-19-24-17-8-6-7-9-18(17)25(19)3/h6-9,16H,4-5,10-15H2,1-3H3,(H2,21,22,23). The maximum atomic E-state index is 4.79. The maximum absolute atomic E-state index is 4.79. The predicted octanol–water partition coefficient (Wildman–Crippen LogP) is 2.50. The molecule has 1 aromatic carbocycles. The molecule has 0 atom stereocenters. The van der Waals surface area contributed by atoms with E-state index in [0.29, 0.717) is 12.6 Å². The molecule has 2 heterocycles. The van der Waals surface area contributed by atoms with Gasteiger partial charge in [0.1, 0.15) is 12.4 Å². The average Bonchev–Trinajstić information content (AvgIpc) is 2.98. The van der Waals surface area contributed by atoms with Gasteiger partial charge in [0.05, 0.1) is 11.0 Å². The first kappa shape index (κ1) is 18.7. The molecule has 0 saturated carbocycles.